The lowest BCUT2D eigenvalue weighted by atomic mass is 9.88. The topological polar surface area (TPSA) is 67.9 Å². The molecule has 0 radical (unpaired) electrons. The molecule has 2 aliphatic rings. The number of carbonyl (C=O) groups excluding carboxylic acids is 2. The quantitative estimate of drug-likeness (QED) is 0.649. The number of ether oxygens (including phenoxy) is 2. The first-order valence-corrected chi connectivity index (χ1v) is 10.8. The molecule has 5 rings (SSSR count). The van der Waals surface area contributed by atoms with Crippen molar-refractivity contribution in [3.63, 3.8) is 0 Å². The van der Waals surface area contributed by atoms with Crippen LogP contribution in [0.4, 0.5) is 4.39 Å². The van der Waals surface area contributed by atoms with E-state index >= 15 is 0 Å². The highest BCUT2D eigenvalue weighted by Gasteiger charge is 2.40. The molecule has 0 spiro atoms. The largest absolute Gasteiger partial charge is 0.454 e. The fourth-order valence-electron chi connectivity index (χ4n) is 4.45. The summed E-state index contributed by atoms with van der Waals surface area (Å²) >= 11 is 0. The first-order chi connectivity index (χ1) is 16.1. The number of fused-ring (bicyclic) bond motifs is 1. The van der Waals surface area contributed by atoms with Crippen molar-refractivity contribution in [3.8, 4) is 11.5 Å². The van der Waals surface area contributed by atoms with Crippen molar-refractivity contribution in [1.82, 2.24) is 10.2 Å². The Labute approximate surface area is 190 Å². The number of nitrogens with one attached hydrogen (secondary N) is 1. The summed E-state index contributed by atoms with van der Waals surface area (Å²) in [6, 6.07) is 21.1. The molecular weight excluding hydrogens is 423 g/mol. The molecule has 33 heavy (non-hydrogen) atoms. The third-order valence-electron chi connectivity index (χ3n) is 6.18. The molecule has 7 heteroatoms. The lowest BCUT2D eigenvalue weighted by Gasteiger charge is -2.18. The molecule has 0 bridgehead atoms. The highest BCUT2D eigenvalue weighted by Crippen LogP contribution is 2.35. The molecule has 3 aromatic rings. The molecule has 2 heterocycles. The fraction of sp³-hybridized carbons (Fsp3) is 0.231. The van der Waals surface area contributed by atoms with Crippen LogP contribution in [0.1, 0.15) is 27.4 Å². The molecule has 0 unspecified atom stereocenters. The SMILES string of the molecule is O=C(NCc1ccc2c(c1)OCO2)[C@H]1CN(C(=O)c2ccccc2F)C[C@@H]1c1ccccc1. The minimum atomic E-state index is -0.561. The molecular formula is C26H23FN2O4. The Kier molecular flexibility index (Phi) is 5.69. The molecule has 1 fully saturated rings. The Morgan fingerprint density at radius 3 is 2.52 bits per heavy atom. The van der Waals surface area contributed by atoms with Gasteiger partial charge in [0.1, 0.15) is 5.82 Å². The number of hydrogen-bond acceptors (Lipinski definition) is 4. The summed E-state index contributed by atoms with van der Waals surface area (Å²) in [6.07, 6.45) is 0. The number of carbonyl (C=O) groups is 2. The van der Waals surface area contributed by atoms with Gasteiger partial charge in [0, 0.05) is 25.6 Å². The van der Waals surface area contributed by atoms with E-state index in [0.717, 1.165) is 11.1 Å². The maximum absolute atomic E-state index is 14.2. The van der Waals surface area contributed by atoms with E-state index < -0.39 is 17.6 Å². The number of benzene rings is 3. The normalized spacial score (nSPS) is 18.9. The first kappa shape index (κ1) is 21.0. The van der Waals surface area contributed by atoms with E-state index in [0.29, 0.717) is 24.6 Å². The Bertz CT molecular complexity index is 1180. The van der Waals surface area contributed by atoms with Gasteiger partial charge in [0.2, 0.25) is 12.7 Å². The van der Waals surface area contributed by atoms with Crippen LogP contribution in [-0.2, 0) is 11.3 Å². The van der Waals surface area contributed by atoms with Gasteiger partial charge in [-0.05, 0) is 35.4 Å². The molecule has 1 N–H and O–H groups in total. The van der Waals surface area contributed by atoms with Crippen molar-refractivity contribution in [2.75, 3.05) is 19.9 Å². The molecule has 2 atom stereocenters. The molecule has 1 saturated heterocycles. The first-order valence-electron chi connectivity index (χ1n) is 10.8. The van der Waals surface area contributed by atoms with Crippen LogP contribution in [0.3, 0.4) is 0 Å². The molecule has 0 aliphatic carbocycles. The zero-order valence-corrected chi connectivity index (χ0v) is 17.9. The Morgan fingerprint density at radius 1 is 0.939 bits per heavy atom. The summed E-state index contributed by atoms with van der Waals surface area (Å²) in [5.41, 5.74) is 1.89. The smallest absolute Gasteiger partial charge is 0.256 e. The molecule has 0 saturated carbocycles. The van der Waals surface area contributed by atoms with Crippen molar-refractivity contribution < 1.29 is 23.5 Å². The van der Waals surface area contributed by atoms with Crippen molar-refractivity contribution in [2.45, 2.75) is 12.5 Å². The van der Waals surface area contributed by atoms with E-state index in [1.807, 2.05) is 48.5 Å². The fourth-order valence-corrected chi connectivity index (χ4v) is 4.45. The lowest BCUT2D eigenvalue weighted by Crippen LogP contribution is -2.35. The van der Waals surface area contributed by atoms with Crippen LogP contribution in [0.5, 0.6) is 11.5 Å². The molecule has 168 valence electrons. The predicted octanol–water partition coefficient (Wildman–Crippen LogP) is 3.73. The average molecular weight is 446 g/mol. The second-order valence-electron chi connectivity index (χ2n) is 8.22. The van der Waals surface area contributed by atoms with Gasteiger partial charge in [0.15, 0.2) is 11.5 Å². The van der Waals surface area contributed by atoms with Gasteiger partial charge >= 0.3 is 0 Å². The number of nitrogens with zero attached hydrogens (tertiary/aromatic N) is 1. The molecule has 3 aromatic carbocycles. The van der Waals surface area contributed by atoms with E-state index in [9.17, 15) is 14.0 Å². The summed E-state index contributed by atoms with van der Waals surface area (Å²) < 4.78 is 25.0. The van der Waals surface area contributed by atoms with Crippen LogP contribution >= 0.6 is 0 Å². The summed E-state index contributed by atoms with van der Waals surface area (Å²) in [7, 11) is 0. The monoisotopic (exact) mass is 446 g/mol. The minimum absolute atomic E-state index is 0.0192. The van der Waals surface area contributed by atoms with Gasteiger partial charge in [-0.2, -0.15) is 0 Å². The highest BCUT2D eigenvalue weighted by molar-refractivity contribution is 5.95. The molecule has 2 aliphatic heterocycles. The van der Waals surface area contributed by atoms with Crippen LogP contribution in [0.25, 0.3) is 0 Å². The number of rotatable bonds is 5. The van der Waals surface area contributed by atoms with E-state index in [-0.39, 0.29) is 30.7 Å². The Hall–Kier alpha value is -3.87. The summed E-state index contributed by atoms with van der Waals surface area (Å²) in [5.74, 6) is -0.394. The number of amides is 2. The summed E-state index contributed by atoms with van der Waals surface area (Å²) in [5, 5.41) is 3.00. The van der Waals surface area contributed by atoms with Gasteiger partial charge in [0.05, 0.1) is 11.5 Å². The van der Waals surface area contributed by atoms with E-state index in [1.165, 1.54) is 12.1 Å². The number of halogens is 1. The van der Waals surface area contributed by atoms with Crippen molar-refractivity contribution in [3.05, 3.63) is 95.3 Å². The summed E-state index contributed by atoms with van der Waals surface area (Å²) in [6.45, 7) is 1.09. The standard InChI is InChI=1S/C26H23FN2O4/c27-22-9-5-4-8-19(22)26(31)29-14-20(18-6-2-1-3-7-18)21(15-29)25(30)28-13-17-10-11-23-24(12-17)33-16-32-23/h1-12,20-21H,13-16H2,(H,28,30)/t20-,21+/m1/s1. The average Bonchev–Trinajstić information content (AvgIpc) is 3.50. The molecule has 6 nitrogen and oxygen atoms in total. The van der Waals surface area contributed by atoms with Gasteiger partial charge in [-0.3, -0.25) is 9.59 Å². The van der Waals surface area contributed by atoms with Gasteiger partial charge in [-0.25, -0.2) is 4.39 Å². The van der Waals surface area contributed by atoms with Crippen LogP contribution < -0.4 is 14.8 Å². The van der Waals surface area contributed by atoms with Crippen LogP contribution in [-0.4, -0.2) is 36.6 Å². The van der Waals surface area contributed by atoms with Gasteiger partial charge in [-0.15, -0.1) is 0 Å². The van der Waals surface area contributed by atoms with Gasteiger partial charge in [-0.1, -0.05) is 48.5 Å². The predicted molar refractivity (Wildman–Crippen MR) is 119 cm³/mol. The second kappa shape index (κ2) is 8.94. The third-order valence-corrected chi connectivity index (χ3v) is 6.18. The second-order valence-corrected chi connectivity index (χ2v) is 8.22. The molecule has 2 amide bonds. The van der Waals surface area contributed by atoms with Gasteiger partial charge in [0.25, 0.3) is 5.91 Å². The number of hydrogen-bond donors (Lipinski definition) is 1. The maximum Gasteiger partial charge on any atom is 0.256 e. The van der Waals surface area contributed by atoms with Crippen LogP contribution in [0, 0.1) is 11.7 Å². The van der Waals surface area contributed by atoms with E-state index in [4.69, 9.17) is 9.47 Å². The highest BCUT2D eigenvalue weighted by atomic mass is 19.1. The Morgan fingerprint density at radius 2 is 1.70 bits per heavy atom. The van der Waals surface area contributed by atoms with Crippen LogP contribution in [0.15, 0.2) is 72.8 Å². The lowest BCUT2D eigenvalue weighted by molar-refractivity contribution is -0.125. The molecule has 0 aromatic heterocycles. The van der Waals surface area contributed by atoms with Crippen LogP contribution in [0.2, 0.25) is 0 Å². The van der Waals surface area contributed by atoms with E-state index in [2.05, 4.69) is 5.32 Å². The van der Waals surface area contributed by atoms with Crippen molar-refractivity contribution in [2.24, 2.45) is 5.92 Å². The van der Waals surface area contributed by atoms with E-state index in [1.54, 1.807) is 17.0 Å². The minimum Gasteiger partial charge on any atom is -0.454 e. The third kappa shape index (κ3) is 4.26. The Balaban J connectivity index is 1.34. The zero-order chi connectivity index (χ0) is 22.8. The van der Waals surface area contributed by atoms with Gasteiger partial charge < -0.3 is 19.7 Å². The number of likely N-dealkylation sites (tertiary alicyclic amines) is 1. The zero-order valence-electron chi connectivity index (χ0n) is 17.9. The van der Waals surface area contributed by atoms with Crippen molar-refractivity contribution >= 4 is 11.8 Å². The van der Waals surface area contributed by atoms with Crippen molar-refractivity contribution in [1.29, 1.82) is 0 Å². The maximum atomic E-state index is 14.2. The summed E-state index contributed by atoms with van der Waals surface area (Å²) in [4.78, 5) is 27.8.